The first-order chi connectivity index (χ1) is 6.79. The predicted octanol–water partition coefficient (Wildman–Crippen LogP) is 1.90. The Morgan fingerprint density at radius 1 is 1.21 bits per heavy atom. The van der Waals surface area contributed by atoms with Gasteiger partial charge in [0.15, 0.2) is 5.11 Å². The summed E-state index contributed by atoms with van der Waals surface area (Å²) in [4.78, 5) is 0. The van der Waals surface area contributed by atoms with Crippen molar-refractivity contribution < 1.29 is 0 Å². The van der Waals surface area contributed by atoms with Crippen LogP contribution in [0.15, 0.2) is 0 Å². The Morgan fingerprint density at radius 3 is 2.64 bits per heavy atom. The van der Waals surface area contributed by atoms with Crippen molar-refractivity contribution in [3.8, 4) is 0 Å². The molecule has 0 aliphatic heterocycles. The molecule has 0 radical (unpaired) electrons. The van der Waals surface area contributed by atoms with E-state index in [-0.39, 0.29) is 0 Å². The van der Waals surface area contributed by atoms with E-state index in [4.69, 9.17) is 12.2 Å². The van der Waals surface area contributed by atoms with Gasteiger partial charge in [0, 0.05) is 17.3 Å². The molecule has 2 fully saturated rings. The van der Waals surface area contributed by atoms with Crippen LogP contribution in [0.4, 0.5) is 0 Å². The fourth-order valence-electron chi connectivity index (χ4n) is 2.00. The number of rotatable bonds is 3. The second-order valence-corrected chi connectivity index (χ2v) is 5.69. The van der Waals surface area contributed by atoms with Crippen LogP contribution in [0.2, 0.25) is 0 Å². The van der Waals surface area contributed by atoms with E-state index in [1.807, 2.05) is 11.8 Å². The lowest BCUT2D eigenvalue weighted by Crippen LogP contribution is -2.45. The predicted molar refractivity (Wildman–Crippen MR) is 66.8 cm³/mol. The average molecular weight is 230 g/mol. The number of hydrogen-bond acceptors (Lipinski definition) is 2. The third-order valence-corrected chi connectivity index (χ3v) is 4.39. The highest BCUT2D eigenvalue weighted by atomic mass is 32.2. The molecule has 0 aromatic rings. The number of thiocarbonyl (C=S) groups is 1. The van der Waals surface area contributed by atoms with Gasteiger partial charge in [0.05, 0.1) is 0 Å². The lowest BCUT2D eigenvalue weighted by molar-refractivity contribution is 0.631. The molecule has 0 heterocycles. The zero-order valence-corrected chi connectivity index (χ0v) is 10.2. The molecule has 0 aromatic heterocycles. The molecule has 2 N–H and O–H groups in total. The van der Waals surface area contributed by atoms with Crippen molar-refractivity contribution in [1.29, 1.82) is 0 Å². The second kappa shape index (κ2) is 4.71. The van der Waals surface area contributed by atoms with Gasteiger partial charge >= 0.3 is 0 Å². The first-order valence-electron chi connectivity index (χ1n) is 5.39. The van der Waals surface area contributed by atoms with Gasteiger partial charge in [-0.05, 0) is 44.2 Å². The summed E-state index contributed by atoms with van der Waals surface area (Å²) in [5.74, 6) is 0. The molecule has 2 saturated carbocycles. The van der Waals surface area contributed by atoms with E-state index in [1.165, 1.54) is 32.1 Å². The smallest absolute Gasteiger partial charge is 0.166 e. The van der Waals surface area contributed by atoms with Crippen LogP contribution in [0.25, 0.3) is 0 Å². The number of thioether (sulfide) groups is 1. The van der Waals surface area contributed by atoms with Crippen molar-refractivity contribution in [2.45, 2.75) is 49.4 Å². The first kappa shape index (κ1) is 10.6. The molecule has 14 heavy (non-hydrogen) atoms. The van der Waals surface area contributed by atoms with E-state index in [1.54, 1.807) is 0 Å². The number of nitrogens with one attached hydrogen (secondary N) is 2. The van der Waals surface area contributed by atoms with Gasteiger partial charge in [0.25, 0.3) is 0 Å². The van der Waals surface area contributed by atoms with Crippen LogP contribution in [0.3, 0.4) is 0 Å². The van der Waals surface area contributed by atoms with Crippen LogP contribution in [-0.2, 0) is 0 Å². The molecule has 80 valence electrons. The van der Waals surface area contributed by atoms with Gasteiger partial charge in [-0.1, -0.05) is 6.42 Å². The molecule has 2 nitrogen and oxygen atoms in total. The molecule has 0 bridgehead atoms. The van der Waals surface area contributed by atoms with Crippen LogP contribution < -0.4 is 10.6 Å². The molecular weight excluding hydrogens is 212 g/mol. The molecule has 0 amide bonds. The summed E-state index contributed by atoms with van der Waals surface area (Å²) < 4.78 is 0. The summed E-state index contributed by atoms with van der Waals surface area (Å²) in [6, 6.07) is 1.27. The lowest BCUT2D eigenvalue weighted by atomic mass is 10.2. The average Bonchev–Trinajstić information content (AvgIpc) is 2.84. The van der Waals surface area contributed by atoms with Gasteiger partial charge < -0.3 is 10.6 Å². The Morgan fingerprint density at radius 2 is 2.00 bits per heavy atom. The minimum Gasteiger partial charge on any atom is -0.360 e. The Bertz CT molecular complexity index is 216. The minimum absolute atomic E-state index is 0.601. The molecular formula is C10H18N2S2. The van der Waals surface area contributed by atoms with Crippen molar-refractivity contribution in [3.05, 3.63) is 0 Å². The monoisotopic (exact) mass is 230 g/mol. The van der Waals surface area contributed by atoms with Crippen LogP contribution in [0.1, 0.15) is 32.1 Å². The Hall–Kier alpha value is 0.0400. The topological polar surface area (TPSA) is 24.1 Å². The van der Waals surface area contributed by atoms with Crippen molar-refractivity contribution in [2.75, 3.05) is 6.26 Å². The zero-order valence-electron chi connectivity index (χ0n) is 8.58. The molecule has 2 rings (SSSR count). The van der Waals surface area contributed by atoms with E-state index in [9.17, 15) is 0 Å². The summed E-state index contributed by atoms with van der Waals surface area (Å²) in [5, 5.41) is 8.42. The van der Waals surface area contributed by atoms with Gasteiger partial charge in [0.1, 0.15) is 0 Å². The maximum atomic E-state index is 5.28. The fraction of sp³-hybridized carbons (Fsp3) is 0.900. The summed E-state index contributed by atoms with van der Waals surface area (Å²) in [6.07, 6.45) is 8.73. The lowest BCUT2D eigenvalue weighted by Gasteiger charge is -2.21. The van der Waals surface area contributed by atoms with Gasteiger partial charge in [-0.15, -0.1) is 0 Å². The zero-order chi connectivity index (χ0) is 9.97. The van der Waals surface area contributed by atoms with E-state index in [0.29, 0.717) is 12.1 Å². The minimum atomic E-state index is 0.601. The molecule has 2 unspecified atom stereocenters. The summed E-state index contributed by atoms with van der Waals surface area (Å²) in [5.41, 5.74) is 0. The highest BCUT2D eigenvalue weighted by Gasteiger charge is 2.28. The van der Waals surface area contributed by atoms with E-state index < -0.39 is 0 Å². The Labute approximate surface area is 95.6 Å². The van der Waals surface area contributed by atoms with Crippen molar-refractivity contribution in [1.82, 2.24) is 10.6 Å². The summed E-state index contributed by atoms with van der Waals surface area (Å²) in [7, 11) is 0. The van der Waals surface area contributed by atoms with Gasteiger partial charge in [-0.25, -0.2) is 0 Å². The SMILES string of the molecule is CSC1CCCC1NC(=S)NC1CC1. The Kier molecular flexibility index (Phi) is 3.55. The molecule has 0 spiro atoms. The highest BCUT2D eigenvalue weighted by Crippen LogP contribution is 2.28. The summed E-state index contributed by atoms with van der Waals surface area (Å²) in [6.45, 7) is 0. The molecule has 4 heteroatoms. The molecule has 2 aliphatic carbocycles. The van der Waals surface area contributed by atoms with Crippen LogP contribution in [0, 0.1) is 0 Å². The van der Waals surface area contributed by atoms with Gasteiger partial charge in [0.2, 0.25) is 0 Å². The normalized spacial score (nSPS) is 31.5. The maximum Gasteiger partial charge on any atom is 0.166 e. The number of hydrogen-bond donors (Lipinski definition) is 2. The maximum absolute atomic E-state index is 5.28. The van der Waals surface area contributed by atoms with E-state index in [0.717, 1.165) is 10.4 Å². The van der Waals surface area contributed by atoms with Crippen LogP contribution in [-0.4, -0.2) is 28.7 Å². The third kappa shape index (κ3) is 2.76. The molecule has 2 atom stereocenters. The largest absolute Gasteiger partial charge is 0.360 e. The van der Waals surface area contributed by atoms with Crippen molar-refractivity contribution >= 4 is 29.1 Å². The summed E-state index contributed by atoms with van der Waals surface area (Å²) >= 11 is 7.24. The molecule has 0 saturated heterocycles. The molecule has 2 aliphatic rings. The van der Waals surface area contributed by atoms with Crippen molar-refractivity contribution in [2.24, 2.45) is 0 Å². The van der Waals surface area contributed by atoms with Gasteiger partial charge in [-0.3, -0.25) is 0 Å². The highest BCUT2D eigenvalue weighted by molar-refractivity contribution is 7.99. The van der Waals surface area contributed by atoms with Crippen LogP contribution >= 0.6 is 24.0 Å². The quantitative estimate of drug-likeness (QED) is 0.723. The van der Waals surface area contributed by atoms with E-state index in [2.05, 4.69) is 16.9 Å². The third-order valence-electron chi connectivity index (χ3n) is 2.98. The van der Waals surface area contributed by atoms with Gasteiger partial charge in [-0.2, -0.15) is 11.8 Å². The molecule has 0 aromatic carbocycles. The first-order valence-corrected chi connectivity index (χ1v) is 7.09. The van der Waals surface area contributed by atoms with E-state index >= 15 is 0 Å². The standard InChI is InChI=1S/C10H18N2S2/c1-14-9-4-2-3-8(9)12-10(13)11-7-5-6-7/h7-9H,2-6H2,1H3,(H2,11,12,13). The van der Waals surface area contributed by atoms with Crippen LogP contribution in [0.5, 0.6) is 0 Å². The van der Waals surface area contributed by atoms with Crippen molar-refractivity contribution in [3.63, 3.8) is 0 Å². The fourth-order valence-corrected chi connectivity index (χ4v) is 3.25. The Balaban J connectivity index is 1.74. The second-order valence-electron chi connectivity index (χ2n) is 4.20.